The van der Waals surface area contributed by atoms with Crippen LogP contribution in [0, 0.1) is 0 Å². The van der Waals surface area contributed by atoms with Crippen molar-refractivity contribution in [3.63, 3.8) is 0 Å². The fraction of sp³-hybridized carbons (Fsp3) is 0.333. The van der Waals surface area contributed by atoms with Crippen LogP contribution in [0.15, 0.2) is 36.4 Å². The number of hydrogen-bond donors (Lipinski definition) is 1. The third kappa shape index (κ3) is 4.62. The van der Waals surface area contributed by atoms with Gasteiger partial charge in [0.2, 0.25) is 5.88 Å². The van der Waals surface area contributed by atoms with E-state index in [0.717, 1.165) is 5.56 Å². The Kier molecular flexibility index (Phi) is 5.28. The first-order chi connectivity index (χ1) is 11.3. The molecule has 6 nitrogen and oxygen atoms in total. The molecule has 0 aliphatic carbocycles. The van der Waals surface area contributed by atoms with Crippen molar-refractivity contribution < 1.29 is 23.8 Å². The third-order valence-corrected chi connectivity index (χ3v) is 2.93. The van der Waals surface area contributed by atoms with Crippen LogP contribution in [0.1, 0.15) is 38.1 Å². The zero-order valence-corrected chi connectivity index (χ0v) is 14.2. The number of carbonyl (C=O) groups is 2. The van der Waals surface area contributed by atoms with Crippen LogP contribution in [-0.2, 0) is 9.47 Å². The van der Waals surface area contributed by atoms with Crippen LogP contribution in [0.4, 0.5) is 4.79 Å². The number of aromatic nitrogens is 1. The van der Waals surface area contributed by atoms with Crippen LogP contribution in [-0.4, -0.2) is 29.3 Å². The Morgan fingerprint density at radius 3 is 2.38 bits per heavy atom. The summed E-state index contributed by atoms with van der Waals surface area (Å²) in [5.41, 5.74) is 0.921. The number of aromatic amines is 1. The molecule has 128 valence electrons. The van der Waals surface area contributed by atoms with Crippen LogP contribution in [0.5, 0.6) is 5.88 Å². The maximum atomic E-state index is 12.2. The Labute approximate surface area is 140 Å². The van der Waals surface area contributed by atoms with Crippen molar-refractivity contribution in [2.75, 3.05) is 6.61 Å². The van der Waals surface area contributed by atoms with Crippen LogP contribution >= 0.6 is 0 Å². The number of hydrogen-bond acceptors (Lipinski definition) is 5. The highest BCUT2D eigenvalue weighted by Gasteiger charge is 2.22. The van der Waals surface area contributed by atoms with Gasteiger partial charge < -0.3 is 19.2 Å². The second kappa shape index (κ2) is 7.21. The van der Waals surface area contributed by atoms with Gasteiger partial charge in [0.25, 0.3) is 0 Å². The lowest BCUT2D eigenvalue weighted by Crippen LogP contribution is -2.26. The molecule has 1 heterocycles. The molecule has 0 saturated carbocycles. The van der Waals surface area contributed by atoms with Gasteiger partial charge in [0.1, 0.15) is 5.60 Å². The van der Waals surface area contributed by atoms with E-state index in [1.165, 1.54) is 6.07 Å². The van der Waals surface area contributed by atoms with Gasteiger partial charge in [-0.25, -0.2) is 9.59 Å². The molecular weight excluding hydrogens is 310 g/mol. The maximum absolute atomic E-state index is 12.2. The number of rotatable bonds is 4. The SMILES string of the molecule is CCOC(=O)c1cc(OC(=O)OC(C)(C)C)[nH]c1-c1ccccc1. The topological polar surface area (TPSA) is 77.6 Å². The molecule has 0 unspecified atom stereocenters. The summed E-state index contributed by atoms with van der Waals surface area (Å²) in [6, 6.07) is 10.7. The average Bonchev–Trinajstić information content (AvgIpc) is 2.90. The summed E-state index contributed by atoms with van der Waals surface area (Å²) in [4.78, 5) is 26.9. The maximum Gasteiger partial charge on any atom is 0.515 e. The molecule has 1 N–H and O–H groups in total. The second-order valence-electron chi connectivity index (χ2n) is 6.08. The van der Waals surface area contributed by atoms with Gasteiger partial charge in [-0.2, -0.15) is 0 Å². The lowest BCUT2D eigenvalue weighted by atomic mass is 10.1. The molecule has 2 aromatic rings. The number of esters is 1. The van der Waals surface area contributed by atoms with E-state index in [1.807, 2.05) is 30.3 Å². The molecule has 0 aliphatic rings. The van der Waals surface area contributed by atoms with Gasteiger partial charge >= 0.3 is 12.1 Å². The predicted molar refractivity (Wildman–Crippen MR) is 89.0 cm³/mol. The van der Waals surface area contributed by atoms with Gasteiger partial charge in [-0.05, 0) is 33.3 Å². The molecule has 6 heteroatoms. The van der Waals surface area contributed by atoms with E-state index in [0.29, 0.717) is 11.3 Å². The van der Waals surface area contributed by atoms with Crippen molar-refractivity contribution in [2.45, 2.75) is 33.3 Å². The summed E-state index contributed by atoms with van der Waals surface area (Å²) in [7, 11) is 0. The standard InChI is InChI=1S/C18H21NO5/c1-5-22-16(20)13-11-14(23-17(21)24-18(2,3)4)19-15(13)12-9-7-6-8-10-12/h6-11,19H,5H2,1-4H3. The van der Waals surface area contributed by atoms with E-state index >= 15 is 0 Å². The van der Waals surface area contributed by atoms with E-state index in [4.69, 9.17) is 14.2 Å². The van der Waals surface area contributed by atoms with Gasteiger partial charge in [0.15, 0.2) is 0 Å². The molecule has 0 atom stereocenters. The van der Waals surface area contributed by atoms with Crippen molar-refractivity contribution in [2.24, 2.45) is 0 Å². The first-order valence-electron chi connectivity index (χ1n) is 7.66. The average molecular weight is 331 g/mol. The van der Waals surface area contributed by atoms with Crippen LogP contribution in [0.25, 0.3) is 11.3 Å². The minimum atomic E-state index is -0.848. The zero-order chi connectivity index (χ0) is 17.7. The summed E-state index contributed by atoms with van der Waals surface area (Å²) >= 11 is 0. The van der Waals surface area contributed by atoms with E-state index in [9.17, 15) is 9.59 Å². The largest absolute Gasteiger partial charge is 0.515 e. The van der Waals surface area contributed by atoms with Gasteiger partial charge in [-0.1, -0.05) is 30.3 Å². The molecule has 0 bridgehead atoms. The molecule has 2 rings (SSSR count). The number of ether oxygens (including phenoxy) is 3. The third-order valence-electron chi connectivity index (χ3n) is 2.93. The predicted octanol–water partition coefficient (Wildman–Crippen LogP) is 4.17. The fourth-order valence-electron chi connectivity index (χ4n) is 2.05. The lowest BCUT2D eigenvalue weighted by Gasteiger charge is -2.18. The van der Waals surface area contributed by atoms with Crippen molar-refractivity contribution >= 4 is 12.1 Å². The van der Waals surface area contributed by atoms with Gasteiger partial charge in [0, 0.05) is 6.07 Å². The van der Waals surface area contributed by atoms with Gasteiger partial charge in [0.05, 0.1) is 17.9 Å². The molecule has 24 heavy (non-hydrogen) atoms. The van der Waals surface area contributed by atoms with Crippen molar-refractivity contribution in [3.05, 3.63) is 42.0 Å². The van der Waals surface area contributed by atoms with Crippen LogP contribution < -0.4 is 4.74 Å². The minimum absolute atomic E-state index is 0.117. The summed E-state index contributed by atoms with van der Waals surface area (Å²) in [6.07, 6.45) is -0.848. The molecule has 0 radical (unpaired) electrons. The number of carbonyl (C=O) groups excluding carboxylic acids is 2. The molecule has 0 fully saturated rings. The van der Waals surface area contributed by atoms with Crippen LogP contribution in [0.3, 0.4) is 0 Å². The molecule has 0 aliphatic heterocycles. The molecule has 0 spiro atoms. The highest BCUT2D eigenvalue weighted by atomic mass is 16.7. The highest BCUT2D eigenvalue weighted by molar-refractivity contribution is 5.97. The summed E-state index contributed by atoms with van der Waals surface area (Å²) < 4.78 is 15.3. The molecular formula is C18H21NO5. The Balaban J connectivity index is 2.31. The molecule has 0 saturated heterocycles. The quantitative estimate of drug-likeness (QED) is 0.851. The first kappa shape index (κ1) is 17.6. The number of nitrogens with one attached hydrogen (secondary N) is 1. The van der Waals surface area contributed by atoms with Gasteiger partial charge in [-0.3, -0.25) is 0 Å². The van der Waals surface area contributed by atoms with E-state index in [1.54, 1.807) is 27.7 Å². The Morgan fingerprint density at radius 2 is 1.79 bits per heavy atom. The molecule has 1 aromatic heterocycles. The van der Waals surface area contributed by atoms with E-state index in [-0.39, 0.29) is 12.5 Å². The highest BCUT2D eigenvalue weighted by Crippen LogP contribution is 2.28. The Bertz CT molecular complexity index is 713. The summed E-state index contributed by atoms with van der Waals surface area (Å²) in [5, 5.41) is 0. The lowest BCUT2D eigenvalue weighted by molar-refractivity contribution is 0.0197. The van der Waals surface area contributed by atoms with Crippen molar-refractivity contribution in [1.82, 2.24) is 4.98 Å². The normalized spacial score (nSPS) is 11.0. The minimum Gasteiger partial charge on any atom is -0.462 e. The van der Waals surface area contributed by atoms with E-state index in [2.05, 4.69) is 4.98 Å². The zero-order valence-electron chi connectivity index (χ0n) is 14.2. The van der Waals surface area contributed by atoms with Crippen molar-refractivity contribution in [3.8, 4) is 17.1 Å². The molecule has 1 aromatic carbocycles. The number of H-pyrrole nitrogens is 1. The fourth-order valence-corrected chi connectivity index (χ4v) is 2.05. The van der Waals surface area contributed by atoms with Crippen molar-refractivity contribution in [1.29, 1.82) is 0 Å². The second-order valence-corrected chi connectivity index (χ2v) is 6.08. The summed E-state index contributed by atoms with van der Waals surface area (Å²) in [5.74, 6) is -0.377. The number of benzene rings is 1. The summed E-state index contributed by atoms with van der Waals surface area (Å²) in [6.45, 7) is 7.19. The van der Waals surface area contributed by atoms with E-state index < -0.39 is 17.7 Å². The first-order valence-corrected chi connectivity index (χ1v) is 7.66. The molecule has 0 amide bonds. The monoisotopic (exact) mass is 331 g/mol. The Hall–Kier alpha value is -2.76. The Morgan fingerprint density at radius 1 is 1.12 bits per heavy atom. The van der Waals surface area contributed by atoms with Gasteiger partial charge in [-0.15, -0.1) is 0 Å². The van der Waals surface area contributed by atoms with Crippen LogP contribution in [0.2, 0.25) is 0 Å². The smallest absolute Gasteiger partial charge is 0.462 e.